The van der Waals surface area contributed by atoms with E-state index in [1.165, 1.54) is 23.1 Å². The van der Waals surface area contributed by atoms with E-state index >= 15 is 0 Å². The van der Waals surface area contributed by atoms with Crippen molar-refractivity contribution in [3.8, 4) is 0 Å². The summed E-state index contributed by atoms with van der Waals surface area (Å²) in [5.74, 6) is 1.75. The van der Waals surface area contributed by atoms with Crippen LogP contribution in [0.2, 0.25) is 0 Å². The summed E-state index contributed by atoms with van der Waals surface area (Å²) in [7, 11) is 0. The number of hydrogen-bond donors (Lipinski definition) is 0. The molecule has 0 aromatic carbocycles. The maximum Gasteiger partial charge on any atom is 0.139 e. The number of aryl methyl sites for hydroxylation is 4. The van der Waals surface area contributed by atoms with E-state index in [4.69, 9.17) is 0 Å². The largest absolute Gasteiger partial charge is 0.225 e. The molecular weight excluding hydrogens is 216 g/mol. The van der Waals surface area contributed by atoms with Gasteiger partial charge in [-0.3, -0.25) is 0 Å². The third-order valence-electron chi connectivity index (χ3n) is 1.26. The molecule has 14 heavy (non-hydrogen) atoms. The predicted molar refractivity (Wildman–Crippen MR) is 58.8 cm³/mol. The van der Waals surface area contributed by atoms with E-state index in [1.807, 2.05) is 27.7 Å². The highest BCUT2D eigenvalue weighted by atomic mass is 32.1. The first-order valence-corrected chi connectivity index (χ1v) is 5.66. The lowest BCUT2D eigenvalue weighted by Gasteiger charge is -1.67. The second-order valence-electron chi connectivity index (χ2n) is 2.72. The van der Waals surface area contributed by atoms with Crippen molar-refractivity contribution in [1.82, 2.24) is 18.7 Å². The normalized spacial score (nSPS) is 9.43. The van der Waals surface area contributed by atoms with E-state index in [2.05, 4.69) is 18.7 Å². The second kappa shape index (κ2) is 5.11. The van der Waals surface area contributed by atoms with Gasteiger partial charge in [0, 0.05) is 0 Å². The molecule has 0 amide bonds. The first-order chi connectivity index (χ1) is 6.58. The number of rotatable bonds is 0. The Balaban J connectivity index is 0.000000140. The summed E-state index contributed by atoms with van der Waals surface area (Å²) in [6.07, 6.45) is 0. The molecule has 0 N–H and O–H groups in total. The molecule has 2 aromatic heterocycles. The van der Waals surface area contributed by atoms with Crippen molar-refractivity contribution in [3.05, 3.63) is 21.7 Å². The van der Waals surface area contributed by atoms with Gasteiger partial charge in [-0.25, -0.2) is 9.97 Å². The monoisotopic (exact) mass is 228 g/mol. The van der Waals surface area contributed by atoms with E-state index in [-0.39, 0.29) is 0 Å². The third-order valence-corrected chi connectivity index (χ3v) is 2.68. The van der Waals surface area contributed by atoms with Crippen LogP contribution in [0.25, 0.3) is 0 Å². The van der Waals surface area contributed by atoms with Crippen molar-refractivity contribution in [2.45, 2.75) is 27.7 Å². The summed E-state index contributed by atoms with van der Waals surface area (Å²) in [5.41, 5.74) is 0. The van der Waals surface area contributed by atoms with Gasteiger partial charge in [0.2, 0.25) is 0 Å². The minimum atomic E-state index is 0.877. The molecule has 0 aliphatic rings. The molecule has 0 aliphatic heterocycles. The summed E-state index contributed by atoms with van der Waals surface area (Å²) in [5, 5.41) is 2.08. The topological polar surface area (TPSA) is 51.6 Å². The van der Waals surface area contributed by atoms with Gasteiger partial charge in [0.25, 0.3) is 0 Å². The molecule has 2 aromatic rings. The van der Waals surface area contributed by atoms with Crippen LogP contribution in [0.4, 0.5) is 0 Å². The molecule has 0 aliphatic carbocycles. The van der Waals surface area contributed by atoms with Gasteiger partial charge in [-0.05, 0) is 50.8 Å². The van der Waals surface area contributed by atoms with E-state index in [1.54, 1.807) is 0 Å². The molecule has 0 radical (unpaired) electrons. The molecule has 4 nitrogen and oxygen atoms in total. The molecule has 0 saturated carbocycles. The van der Waals surface area contributed by atoms with Crippen LogP contribution in [-0.4, -0.2) is 18.7 Å². The van der Waals surface area contributed by atoms with Crippen LogP contribution in [0.3, 0.4) is 0 Å². The Morgan fingerprint density at radius 1 is 0.714 bits per heavy atom. The smallest absolute Gasteiger partial charge is 0.139 e. The highest BCUT2D eigenvalue weighted by Crippen LogP contribution is 1.99. The van der Waals surface area contributed by atoms with Crippen molar-refractivity contribution in [2.24, 2.45) is 0 Å². The highest BCUT2D eigenvalue weighted by molar-refractivity contribution is 7.05. The zero-order chi connectivity index (χ0) is 10.6. The van der Waals surface area contributed by atoms with Gasteiger partial charge in [0.15, 0.2) is 0 Å². The summed E-state index contributed by atoms with van der Waals surface area (Å²) < 4.78 is 7.89. The van der Waals surface area contributed by atoms with Gasteiger partial charge in [0.1, 0.15) is 21.7 Å². The van der Waals surface area contributed by atoms with Gasteiger partial charge < -0.3 is 0 Å². The maximum atomic E-state index is 4.02. The molecule has 0 saturated heterocycles. The lowest BCUT2D eigenvalue weighted by molar-refractivity contribution is 1.13. The van der Waals surface area contributed by atoms with Crippen LogP contribution in [-0.2, 0) is 0 Å². The Bertz CT molecular complexity index is 322. The van der Waals surface area contributed by atoms with Crippen molar-refractivity contribution in [2.75, 3.05) is 0 Å². The number of nitrogens with zero attached hydrogens (tertiary/aromatic N) is 4. The van der Waals surface area contributed by atoms with Crippen LogP contribution in [0.15, 0.2) is 0 Å². The molecule has 2 heterocycles. The summed E-state index contributed by atoms with van der Waals surface area (Å²) in [4.78, 5) is 8.04. The van der Waals surface area contributed by atoms with Gasteiger partial charge in [-0.2, -0.15) is 8.75 Å². The minimum absolute atomic E-state index is 0.877. The van der Waals surface area contributed by atoms with Crippen LogP contribution in [0, 0.1) is 27.7 Å². The number of hydrogen-bond acceptors (Lipinski definition) is 6. The summed E-state index contributed by atoms with van der Waals surface area (Å²) in [6.45, 7) is 7.68. The molecule has 0 spiro atoms. The van der Waals surface area contributed by atoms with Crippen LogP contribution < -0.4 is 0 Å². The zero-order valence-corrected chi connectivity index (χ0v) is 10.2. The SMILES string of the molecule is Cc1nsc(C)n1.Cc1nsc(C)n1. The maximum absolute atomic E-state index is 4.02. The lowest BCUT2D eigenvalue weighted by Crippen LogP contribution is -1.70. The number of aromatic nitrogens is 4. The quantitative estimate of drug-likeness (QED) is 0.694. The third kappa shape index (κ3) is 3.89. The molecule has 0 fully saturated rings. The van der Waals surface area contributed by atoms with Gasteiger partial charge in [-0.15, -0.1) is 0 Å². The first kappa shape index (κ1) is 11.2. The average Bonchev–Trinajstić information content (AvgIpc) is 2.63. The van der Waals surface area contributed by atoms with Crippen molar-refractivity contribution in [1.29, 1.82) is 0 Å². The summed E-state index contributed by atoms with van der Waals surface area (Å²) in [6, 6.07) is 0. The summed E-state index contributed by atoms with van der Waals surface area (Å²) >= 11 is 2.89. The van der Waals surface area contributed by atoms with Crippen molar-refractivity contribution < 1.29 is 0 Å². The minimum Gasteiger partial charge on any atom is -0.225 e. The van der Waals surface area contributed by atoms with Gasteiger partial charge >= 0.3 is 0 Å². The Kier molecular flexibility index (Phi) is 4.09. The van der Waals surface area contributed by atoms with Crippen molar-refractivity contribution in [3.63, 3.8) is 0 Å². The molecule has 0 unspecified atom stereocenters. The van der Waals surface area contributed by atoms with Crippen LogP contribution in [0.1, 0.15) is 21.7 Å². The molecule has 0 atom stereocenters. The molecule has 2 rings (SSSR count). The Morgan fingerprint density at radius 3 is 1.14 bits per heavy atom. The van der Waals surface area contributed by atoms with E-state index in [0.717, 1.165) is 21.7 Å². The molecule has 0 bridgehead atoms. The van der Waals surface area contributed by atoms with Crippen molar-refractivity contribution >= 4 is 23.1 Å². The average molecular weight is 228 g/mol. The molecular formula is C8H12N4S2. The molecule has 6 heteroatoms. The van der Waals surface area contributed by atoms with Crippen LogP contribution >= 0.6 is 23.1 Å². The van der Waals surface area contributed by atoms with E-state index < -0.39 is 0 Å². The second-order valence-corrected chi connectivity index (χ2v) is 4.63. The van der Waals surface area contributed by atoms with Crippen LogP contribution in [0.5, 0.6) is 0 Å². The first-order valence-electron chi connectivity index (χ1n) is 4.12. The standard InChI is InChI=1S/2C4H6N2S/c2*1-3-5-4(2)7-6-3/h2*1-2H3. The fourth-order valence-corrected chi connectivity index (χ4v) is 1.76. The fourth-order valence-electron chi connectivity index (χ4n) is 0.802. The molecule has 76 valence electrons. The lowest BCUT2D eigenvalue weighted by atomic mass is 10.7. The van der Waals surface area contributed by atoms with Gasteiger partial charge in [0.05, 0.1) is 0 Å². The fraction of sp³-hybridized carbons (Fsp3) is 0.500. The predicted octanol–water partition coefficient (Wildman–Crippen LogP) is 2.31. The van der Waals surface area contributed by atoms with E-state index in [0.29, 0.717) is 0 Å². The Hall–Kier alpha value is -0.880. The Morgan fingerprint density at radius 2 is 1.07 bits per heavy atom. The highest BCUT2D eigenvalue weighted by Gasteiger charge is 1.88. The Labute approximate surface area is 91.4 Å². The van der Waals surface area contributed by atoms with E-state index in [9.17, 15) is 0 Å². The zero-order valence-electron chi connectivity index (χ0n) is 8.61. The van der Waals surface area contributed by atoms with Gasteiger partial charge in [-0.1, -0.05) is 0 Å².